The molecule has 1 saturated carbocycles. The zero-order valence-corrected chi connectivity index (χ0v) is 11.1. The quantitative estimate of drug-likeness (QED) is 0.763. The Morgan fingerprint density at radius 3 is 2.68 bits per heavy atom. The number of benzene rings is 1. The lowest BCUT2D eigenvalue weighted by Crippen LogP contribution is -2.39. The lowest BCUT2D eigenvalue weighted by molar-refractivity contribution is 0.0850. The molecule has 1 amide bonds. The summed E-state index contributed by atoms with van der Waals surface area (Å²) >= 11 is 0. The molecule has 4 N–H and O–H groups in total. The van der Waals surface area contributed by atoms with Gasteiger partial charge >= 0.3 is 0 Å². The highest BCUT2D eigenvalue weighted by Gasteiger charge is 2.21. The Balaban J connectivity index is 1.91. The van der Waals surface area contributed by atoms with Gasteiger partial charge in [-0.3, -0.25) is 4.79 Å². The van der Waals surface area contributed by atoms with Gasteiger partial charge in [0, 0.05) is 11.6 Å². The van der Waals surface area contributed by atoms with Gasteiger partial charge in [-0.25, -0.2) is 0 Å². The van der Waals surface area contributed by atoms with Crippen molar-refractivity contribution in [1.29, 1.82) is 0 Å². The van der Waals surface area contributed by atoms with E-state index in [-0.39, 0.29) is 18.1 Å². The summed E-state index contributed by atoms with van der Waals surface area (Å²) in [6.45, 7) is 0.617. The number of aliphatic hydroxyl groups is 1. The largest absolute Gasteiger partial charge is 0.393 e. The minimum atomic E-state index is -0.272. The summed E-state index contributed by atoms with van der Waals surface area (Å²) in [5.74, 6) is -0.0570. The normalized spacial score (nSPS) is 23.1. The van der Waals surface area contributed by atoms with Crippen molar-refractivity contribution in [2.75, 3.05) is 6.54 Å². The first-order valence-corrected chi connectivity index (χ1v) is 6.97. The molecule has 104 valence electrons. The summed E-state index contributed by atoms with van der Waals surface area (Å²) in [6.07, 6.45) is 4.00. The molecular formula is C15H22N2O2. The molecular weight excluding hydrogens is 240 g/mol. The Hall–Kier alpha value is -1.39. The summed E-state index contributed by atoms with van der Waals surface area (Å²) in [4.78, 5) is 12.1. The third-order valence-corrected chi connectivity index (χ3v) is 3.63. The minimum absolute atomic E-state index is 0.0570. The molecule has 1 aromatic rings. The van der Waals surface area contributed by atoms with Gasteiger partial charge in [-0.1, -0.05) is 12.1 Å². The van der Waals surface area contributed by atoms with Crippen LogP contribution in [0.2, 0.25) is 0 Å². The number of nitrogens with one attached hydrogen (secondary N) is 1. The van der Waals surface area contributed by atoms with Crippen molar-refractivity contribution >= 4 is 5.91 Å². The summed E-state index contributed by atoms with van der Waals surface area (Å²) in [7, 11) is 0. The molecule has 1 aliphatic carbocycles. The highest BCUT2D eigenvalue weighted by Crippen LogP contribution is 2.18. The van der Waals surface area contributed by atoms with Crippen LogP contribution in [0.4, 0.5) is 0 Å². The van der Waals surface area contributed by atoms with Crippen molar-refractivity contribution < 1.29 is 9.90 Å². The van der Waals surface area contributed by atoms with E-state index in [1.807, 2.05) is 24.3 Å². The number of hydrogen-bond donors (Lipinski definition) is 3. The topological polar surface area (TPSA) is 75.4 Å². The summed E-state index contributed by atoms with van der Waals surface area (Å²) in [5.41, 5.74) is 7.31. The molecule has 1 aliphatic rings. The lowest BCUT2D eigenvalue weighted by atomic mass is 9.93. The van der Waals surface area contributed by atoms with Crippen molar-refractivity contribution in [2.45, 2.75) is 44.2 Å². The van der Waals surface area contributed by atoms with Crippen LogP contribution in [0.5, 0.6) is 0 Å². The molecule has 2 unspecified atom stereocenters. The number of aliphatic hydroxyl groups excluding tert-OH is 1. The Morgan fingerprint density at radius 2 is 2.05 bits per heavy atom. The standard InChI is InChI=1S/C15H22N2O2/c16-9-8-11-4-6-12(7-5-11)15(19)17-13-2-1-3-14(18)10-13/h4-7,13-14,18H,1-3,8-10,16H2,(H,17,19). The predicted octanol–water partition coefficient (Wildman–Crippen LogP) is 1.22. The molecule has 4 nitrogen and oxygen atoms in total. The summed E-state index contributed by atoms with van der Waals surface area (Å²) in [5, 5.41) is 12.6. The lowest BCUT2D eigenvalue weighted by Gasteiger charge is -2.26. The smallest absolute Gasteiger partial charge is 0.251 e. The van der Waals surface area contributed by atoms with Crippen molar-refractivity contribution in [3.63, 3.8) is 0 Å². The zero-order valence-electron chi connectivity index (χ0n) is 11.1. The van der Waals surface area contributed by atoms with Crippen LogP contribution in [-0.4, -0.2) is 29.7 Å². The molecule has 4 heteroatoms. The van der Waals surface area contributed by atoms with Crippen molar-refractivity contribution in [2.24, 2.45) is 5.73 Å². The average Bonchev–Trinajstić information content (AvgIpc) is 2.40. The van der Waals surface area contributed by atoms with Crippen molar-refractivity contribution in [3.8, 4) is 0 Å². The van der Waals surface area contributed by atoms with Gasteiger partial charge in [-0.15, -0.1) is 0 Å². The average molecular weight is 262 g/mol. The molecule has 0 radical (unpaired) electrons. The molecule has 1 fully saturated rings. The van der Waals surface area contributed by atoms with Crippen LogP contribution in [0.3, 0.4) is 0 Å². The Kier molecular flexibility index (Phi) is 4.93. The maximum absolute atomic E-state index is 12.1. The number of hydrogen-bond acceptors (Lipinski definition) is 3. The Bertz CT molecular complexity index is 417. The van der Waals surface area contributed by atoms with E-state index < -0.39 is 0 Å². The second kappa shape index (κ2) is 6.68. The van der Waals surface area contributed by atoms with E-state index in [2.05, 4.69) is 5.32 Å². The number of carbonyl (C=O) groups excluding carboxylic acids is 1. The van der Waals surface area contributed by atoms with Crippen LogP contribution in [0.1, 0.15) is 41.6 Å². The molecule has 0 aromatic heterocycles. The maximum Gasteiger partial charge on any atom is 0.251 e. The van der Waals surface area contributed by atoms with Gasteiger partial charge in [0.1, 0.15) is 0 Å². The van der Waals surface area contributed by atoms with E-state index in [9.17, 15) is 9.90 Å². The highest BCUT2D eigenvalue weighted by molar-refractivity contribution is 5.94. The fraction of sp³-hybridized carbons (Fsp3) is 0.533. The van der Waals surface area contributed by atoms with Crippen LogP contribution in [0, 0.1) is 0 Å². The van der Waals surface area contributed by atoms with Gasteiger partial charge < -0.3 is 16.2 Å². The van der Waals surface area contributed by atoms with Gasteiger partial charge in [0.15, 0.2) is 0 Å². The van der Waals surface area contributed by atoms with Crippen LogP contribution in [0.15, 0.2) is 24.3 Å². The van der Waals surface area contributed by atoms with E-state index in [0.717, 1.165) is 31.2 Å². The molecule has 1 aromatic carbocycles. The molecule has 2 rings (SSSR count). The fourth-order valence-corrected chi connectivity index (χ4v) is 2.55. The minimum Gasteiger partial charge on any atom is -0.393 e. The highest BCUT2D eigenvalue weighted by atomic mass is 16.3. The van der Waals surface area contributed by atoms with Crippen LogP contribution >= 0.6 is 0 Å². The number of rotatable bonds is 4. The van der Waals surface area contributed by atoms with Crippen LogP contribution in [-0.2, 0) is 6.42 Å². The molecule has 2 atom stereocenters. The van der Waals surface area contributed by atoms with Gasteiger partial charge in [-0.2, -0.15) is 0 Å². The first kappa shape index (κ1) is 14.0. The van der Waals surface area contributed by atoms with Gasteiger partial charge in [0.2, 0.25) is 0 Å². The SMILES string of the molecule is NCCc1ccc(C(=O)NC2CCCC(O)C2)cc1. The molecule has 0 aliphatic heterocycles. The number of carbonyl (C=O) groups is 1. The summed E-state index contributed by atoms with van der Waals surface area (Å²) in [6, 6.07) is 7.65. The second-order valence-corrected chi connectivity index (χ2v) is 5.23. The summed E-state index contributed by atoms with van der Waals surface area (Å²) < 4.78 is 0. The molecule has 0 heterocycles. The first-order valence-electron chi connectivity index (χ1n) is 6.97. The Morgan fingerprint density at radius 1 is 1.32 bits per heavy atom. The van der Waals surface area contributed by atoms with Crippen LogP contribution < -0.4 is 11.1 Å². The van der Waals surface area contributed by atoms with E-state index in [1.165, 1.54) is 0 Å². The third-order valence-electron chi connectivity index (χ3n) is 3.63. The van der Waals surface area contributed by atoms with Gasteiger partial charge in [0.05, 0.1) is 6.10 Å². The first-order chi connectivity index (χ1) is 9.19. The third kappa shape index (κ3) is 4.04. The molecule has 0 saturated heterocycles. The van der Waals surface area contributed by atoms with E-state index in [1.54, 1.807) is 0 Å². The number of amides is 1. The van der Waals surface area contributed by atoms with Gasteiger partial charge in [-0.05, 0) is 56.3 Å². The van der Waals surface area contributed by atoms with Crippen LogP contribution in [0.25, 0.3) is 0 Å². The van der Waals surface area contributed by atoms with Gasteiger partial charge in [0.25, 0.3) is 5.91 Å². The molecule has 0 bridgehead atoms. The molecule has 0 spiro atoms. The second-order valence-electron chi connectivity index (χ2n) is 5.23. The Labute approximate surface area is 114 Å². The van der Waals surface area contributed by atoms with Crippen molar-refractivity contribution in [1.82, 2.24) is 5.32 Å². The fourth-order valence-electron chi connectivity index (χ4n) is 2.55. The van der Waals surface area contributed by atoms with E-state index >= 15 is 0 Å². The predicted molar refractivity (Wildman–Crippen MR) is 74.9 cm³/mol. The monoisotopic (exact) mass is 262 g/mol. The zero-order chi connectivity index (χ0) is 13.7. The van der Waals surface area contributed by atoms with E-state index in [0.29, 0.717) is 18.5 Å². The number of nitrogens with two attached hydrogens (primary N) is 1. The van der Waals surface area contributed by atoms with E-state index in [4.69, 9.17) is 5.73 Å². The van der Waals surface area contributed by atoms with Crippen molar-refractivity contribution in [3.05, 3.63) is 35.4 Å². The maximum atomic E-state index is 12.1. The molecule has 19 heavy (non-hydrogen) atoms.